The third kappa shape index (κ3) is 2.59. The van der Waals surface area contributed by atoms with E-state index in [0.29, 0.717) is 10.7 Å². The Kier molecular flexibility index (Phi) is 3.54. The zero-order valence-electron chi connectivity index (χ0n) is 9.16. The van der Waals surface area contributed by atoms with Crippen LogP contribution in [0.5, 0.6) is 0 Å². The summed E-state index contributed by atoms with van der Waals surface area (Å²) >= 11 is 5.82. The molecule has 0 atom stereocenters. The molecule has 1 aliphatic carbocycles. The number of hydrogen-bond donors (Lipinski definition) is 1. The molecule has 1 fully saturated rings. The molecule has 0 saturated heterocycles. The SMILES string of the molecule is O=C(O)c1cc(Cl)cn1CCC1CCCC1. The third-order valence-electron chi connectivity index (χ3n) is 3.34. The van der Waals surface area contributed by atoms with Crippen molar-refractivity contribution in [3.8, 4) is 0 Å². The summed E-state index contributed by atoms with van der Waals surface area (Å²) in [6, 6.07) is 1.51. The van der Waals surface area contributed by atoms with Crippen LogP contribution in [0.1, 0.15) is 42.6 Å². The molecule has 0 bridgehead atoms. The van der Waals surface area contributed by atoms with Crippen molar-refractivity contribution >= 4 is 17.6 Å². The zero-order chi connectivity index (χ0) is 11.5. The van der Waals surface area contributed by atoms with Gasteiger partial charge in [-0.1, -0.05) is 37.3 Å². The van der Waals surface area contributed by atoms with E-state index in [1.807, 2.05) is 0 Å². The van der Waals surface area contributed by atoms with Crippen molar-refractivity contribution < 1.29 is 9.90 Å². The number of rotatable bonds is 4. The summed E-state index contributed by atoms with van der Waals surface area (Å²) in [6.45, 7) is 0.763. The minimum Gasteiger partial charge on any atom is -0.477 e. The maximum absolute atomic E-state index is 11.0. The average molecular weight is 242 g/mol. The summed E-state index contributed by atoms with van der Waals surface area (Å²) in [5, 5.41) is 9.50. The highest BCUT2D eigenvalue weighted by molar-refractivity contribution is 6.30. The van der Waals surface area contributed by atoms with Crippen molar-refractivity contribution in [2.24, 2.45) is 5.92 Å². The first-order valence-corrected chi connectivity index (χ1v) is 6.13. The number of aromatic nitrogens is 1. The number of carboxylic acid groups (broad SMARTS) is 1. The normalized spacial score (nSPS) is 16.8. The number of carboxylic acids is 1. The summed E-state index contributed by atoms with van der Waals surface area (Å²) in [5.74, 6) is -0.138. The first-order valence-electron chi connectivity index (χ1n) is 5.76. The van der Waals surface area contributed by atoms with Crippen LogP contribution in [0, 0.1) is 5.92 Å². The van der Waals surface area contributed by atoms with Crippen LogP contribution in [-0.4, -0.2) is 15.6 Å². The lowest BCUT2D eigenvalue weighted by molar-refractivity contribution is 0.0684. The fourth-order valence-corrected chi connectivity index (χ4v) is 2.68. The zero-order valence-corrected chi connectivity index (χ0v) is 9.91. The lowest BCUT2D eigenvalue weighted by atomic mass is 10.0. The Balaban J connectivity index is 1.99. The van der Waals surface area contributed by atoms with E-state index in [-0.39, 0.29) is 0 Å². The van der Waals surface area contributed by atoms with E-state index >= 15 is 0 Å². The highest BCUT2D eigenvalue weighted by Crippen LogP contribution is 2.28. The van der Waals surface area contributed by atoms with Gasteiger partial charge in [0.25, 0.3) is 0 Å². The van der Waals surface area contributed by atoms with E-state index in [1.54, 1.807) is 10.8 Å². The summed E-state index contributed by atoms with van der Waals surface area (Å²) in [4.78, 5) is 11.0. The summed E-state index contributed by atoms with van der Waals surface area (Å²) in [5.41, 5.74) is 0.294. The Morgan fingerprint density at radius 1 is 1.50 bits per heavy atom. The number of halogens is 1. The van der Waals surface area contributed by atoms with Crippen molar-refractivity contribution in [3.63, 3.8) is 0 Å². The van der Waals surface area contributed by atoms with E-state index in [1.165, 1.54) is 31.7 Å². The van der Waals surface area contributed by atoms with Gasteiger partial charge in [-0.3, -0.25) is 0 Å². The highest BCUT2D eigenvalue weighted by Gasteiger charge is 2.17. The van der Waals surface area contributed by atoms with Crippen LogP contribution in [0.4, 0.5) is 0 Å². The van der Waals surface area contributed by atoms with Gasteiger partial charge in [0.1, 0.15) is 5.69 Å². The van der Waals surface area contributed by atoms with Gasteiger partial charge in [-0.25, -0.2) is 4.79 Å². The van der Waals surface area contributed by atoms with Gasteiger partial charge in [0.2, 0.25) is 0 Å². The molecule has 1 N–H and O–H groups in total. The molecule has 1 aromatic rings. The second kappa shape index (κ2) is 4.91. The molecule has 0 aromatic carbocycles. The number of hydrogen-bond acceptors (Lipinski definition) is 1. The molecule has 0 aliphatic heterocycles. The topological polar surface area (TPSA) is 42.2 Å². The van der Waals surface area contributed by atoms with Crippen molar-refractivity contribution in [3.05, 3.63) is 23.0 Å². The molecule has 2 rings (SSSR count). The fourth-order valence-electron chi connectivity index (χ4n) is 2.46. The third-order valence-corrected chi connectivity index (χ3v) is 3.54. The Labute approximate surface area is 100 Å². The quantitative estimate of drug-likeness (QED) is 0.878. The number of carbonyl (C=O) groups is 1. The molecule has 1 saturated carbocycles. The molecule has 88 valence electrons. The largest absolute Gasteiger partial charge is 0.477 e. The predicted molar refractivity (Wildman–Crippen MR) is 63.0 cm³/mol. The molecule has 0 unspecified atom stereocenters. The Morgan fingerprint density at radius 2 is 2.19 bits per heavy atom. The van der Waals surface area contributed by atoms with Crippen LogP contribution in [0.25, 0.3) is 0 Å². The van der Waals surface area contributed by atoms with Crippen molar-refractivity contribution in [2.45, 2.75) is 38.6 Å². The molecular formula is C12H16ClNO2. The van der Waals surface area contributed by atoms with Crippen LogP contribution in [0.2, 0.25) is 5.02 Å². The molecule has 0 amide bonds. The number of nitrogens with zero attached hydrogens (tertiary/aromatic N) is 1. The van der Waals surface area contributed by atoms with E-state index in [0.717, 1.165) is 18.9 Å². The van der Waals surface area contributed by atoms with Gasteiger partial charge >= 0.3 is 5.97 Å². The second-order valence-electron chi connectivity index (χ2n) is 4.48. The summed E-state index contributed by atoms with van der Waals surface area (Å²) < 4.78 is 1.75. The van der Waals surface area contributed by atoms with E-state index in [4.69, 9.17) is 16.7 Å². The minimum absolute atomic E-state index is 0.294. The Bertz CT molecular complexity index is 380. The lowest BCUT2D eigenvalue weighted by Crippen LogP contribution is -2.09. The van der Waals surface area contributed by atoms with Crippen molar-refractivity contribution in [2.75, 3.05) is 0 Å². The van der Waals surface area contributed by atoms with Gasteiger partial charge in [0.05, 0.1) is 5.02 Å². The summed E-state index contributed by atoms with van der Waals surface area (Å²) in [7, 11) is 0. The molecule has 4 heteroatoms. The monoisotopic (exact) mass is 241 g/mol. The maximum atomic E-state index is 11.0. The van der Waals surface area contributed by atoms with Gasteiger partial charge in [-0.15, -0.1) is 0 Å². The Hall–Kier alpha value is -0.960. The first kappa shape index (κ1) is 11.5. The van der Waals surface area contributed by atoms with Crippen molar-refractivity contribution in [1.82, 2.24) is 4.57 Å². The smallest absolute Gasteiger partial charge is 0.352 e. The van der Waals surface area contributed by atoms with Crippen LogP contribution < -0.4 is 0 Å². The van der Waals surface area contributed by atoms with Gasteiger partial charge in [0, 0.05) is 12.7 Å². The molecule has 0 spiro atoms. The van der Waals surface area contributed by atoms with Crippen LogP contribution in [0.3, 0.4) is 0 Å². The van der Waals surface area contributed by atoms with Crippen molar-refractivity contribution in [1.29, 1.82) is 0 Å². The molecule has 3 nitrogen and oxygen atoms in total. The summed E-state index contributed by atoms with van der Waals surface area (Å²) in [6.07, 6.45) is 7.99. The molecular weight excluding hydrogens is 226 g/mol. The van der Waals surface area contributed by atoms with Crippen LogP contribution in [-0.2, 0) is 6.54 Å². The minimum atomic E-state index is -0.904. The number of aryl methyl sites for hydroxylation is 1. The molecule has 16 heavy (non-hydrogen) atoms. The van der Waals surface area contributed by atoms with E-state index in [9.17, 15) is 4.79 Å². The standard InChI is InChI=1S/C12H16ClNO2/c13-10-7-11(12(15)16)14(8-10)6-5-9-3-1-2-4-9/h7-9H,1-6H2,(H,15,16). The predicted octanol–water partition coefficient (Wildman–Crippen LogP) is 3.42. The number of aromatic carboxylic acids is 1. The van der Waals surface area contributed by atoms with Gasteiger partial charge in [-0.2, -0.15) is 0 Å². The van der Waals surface area contributed by atoms with Crippen LogP contribution >= 0.6 is 11.6 Å². The van der Waals surface area contributed by atoms with Gasteiger partial charge < -0.3 is 9.67 Å². The van der Waals surface area contributed by atoms with Gasteiger partial charge in [0.15, 0.2) is 0 Å². The highest BCUT2D eigenvalue weighted by atomic mass is 35.5. The van der Waals surface area contributed by atoms with E-state index < -0.39 is 5.97 Å². The van der Waals surface area contributed by atoms with E-state index in [2.05, 4.69) is 0 Å². The second-order valence-corrected chi connectivity index (χ2v) is 4.92. The molecule has 1 aromatic heterocycles. The average Bonchev–Trinajstić information content (AvgIpc) is 2.83. The lowest BCUT2D eigenvalue weighted by Gasteiger charge is -2.10. The molecule has 1 heterocycles. The Morgan fingerprint density at radius 3 is 2.81 bits per heavy atom. The fraction of sp³-hybridized carbons (Fsp3) is 0.583. The maximum Gasteiger partial charge on any atom is 0.352 e. The molecule has 0 radical (unpaired) electrons. The molecule has 1 aliphatic rings. The van der Waals surface area contributed by atoms with Crippen LogP contribution in [0.15, 0.2) is 12.3 Å². The van der Waals surface area contributed by atoms with Gasteiger partial charge in [-0.05, 0) is 18.4 Å². The first-order chi connectivity index (χ1) is 7.66.